The monoisotopic (exact) mass is 317 g/mol. The molecule has 0 aliphatic rings. The highest BCUT2D eigenvalue weighted by Gasteiger charge is 2.12. The molecule has 5 heteroatoms. The summed E-state index contributed by atoms with van der Waals surface area (Å²) in [7, 11) is -2.87. The van der Waals surface area contributed by atoms with Gasteiger partial charge in [-0.15, -0.1) is 0 Å². The minimum absolute atomic E-state index is 0.262. The van der Waals surface area contributed by atoms with Crippen molar-refractivity contribution in [1.29, 1.82) is 0 Å². The molecule has 0 aromatic heterocycles. The molecule has 114 valence electrons. The third kappa shape index (κ3) is 7.27. The van der Waals surface area contributed by atoms with E-state index in [0.717, 1.165) is 36.5 Å². The average Bonchev–Trinajstić information content (AvgIpc) is 2.36. The van der Waals surface area contributed by atoms with Crippen LogP contribution in [0.15, 0.2) is 24.3 Å². The Bertz CT molecular complexity index is 502. The van der Waals surface area contributed by atoms with Gasteiger partial charge in [-0.2, -0.15) is 0 Å². The van der Waals surface area contributed by atoms with Crippen LogP contribution >= 0.6 is 11.6 Å². The van der Waals surface area contributed by atoms with Gasteiger partial charge in [0.15, 0.2) is 0 Å². The summed E-state index contributed by atoms with van der Waals surface area (Å²) < 4.78 is 22.4. The van der Waals surface area contributed by atoms with Crippen LogP contribution < -0.4 is 5.32 Å². The van der Waals surface area contributed by atoms with Crippen molar-refractivity contribution in [1.82, 2.24) is 5.32 Å². The first kappa shape index (κ1) is 17.5. The van der Waals surface area contributed by atoms with Crippen LogP contribution in [0.25, 0.3) is 0 Å². The van der Waals surface area contributed by atoms with Crippen molar-refractivity contribution in [3.8, 4) is 0 Å². The summed E-state index contributed by atoms with van der Waals surface area (Å²) in [6.07, 6.45) is 3.78. The van der Waals surface area contributed by atoms with Crippen LogP contribution in [0.2, 0.25) is 5.02 Å². The van der Waals surface area contributed by atoms with Crippen molar-refractivity contribution in [2.75, 3.05) is 25.1 Å². The average molecular weight is 318 g/mol. The van der Waals surface area contributed by atoms with Crippen LogP contribution in [0.1, 0.15) is 25.3 Å². The van der Waals surface area contributed by atoms with Gasteiger partial charge in [-0.25, -0.2) is 8.42 Å². The molecule has 0 spiro atoms. The molecule has 0 saturated carbocycles. The smallest absolute Gasteiger partial charge is 0.147 e. The van der Waals surface area contributed by atoms with E-state index in [9.17, 15) is 8.42 Å². The Balaban J connectivity index is 2.57. The largest absolute Gasteiger partial charge is 0.317 e. The lowest BCUT2D eigenvalue weighted by Gasteiger charge is -2.18. The number of benzene rings is 1. The fourth-order valence-electron chi connectivity index (χ4n) is 2.23. The van der Waals surface area contributed by atoms with Crippen LogP contribution in [-0.4, -0.2) is 33.5 Å². The first-order valence-corrected chi connectivity index (χ1v) is 9.48. The third-order valence-corrected chi connectivity index (χ3v) is 4.68. The molecule has 1 unspecified atom stereocenters. The van der Waals surface area contributed by atoms with Gasteiger partial charge in [0.1, 0.15) is 9.84 Å². The number of hydrogen-bond donors (Lipinski definition) is 1. The predicted molar refractivity (Wildman–Crippen MR) is 86.1 cm³/mol. The summed E-state index contributed by atoms with van der Waals surface area (Å²) in [4.78, 5) is 0. The molecule has 0 bridgehead atoms. The molecule has 0 fully saturated rings. The number of nitrogens with one attached hydrogen (secondary N) is 1. The van der Waals surface area contributed by atoms with Gasteiger partial charge in [-0.05, 0) is 49.9 Å². The van der Waals surface area contributed by atoms with Gasteiger partial charge in [0.25, 0.3) is 0 Å². The Morgan fingerprint density at radius 3 is 2.60 bits per heavy atom. The zero-order valence-corrected chi connectivity index (χ0v) is 13.8. The van der Waals surface area contributed by atoms with Crippen molar-refractivity contribution in [2.45, 2.75) is 26.2 Å². The molecule has 0 radical (unpaired) electrons. The summed E-state index contributed by atoms with van der Waals surface area (Å²) in [6, 6.07) is 7.85. The van der Waals surface area contributed by atoms with Crippen molar-refractivity contribution < 1.29 is 8.42 Å². The summed E-state index contributed by atoms with van der Waals surface area (Å²) in [6.45, 7) is 3.89. The van der Waals surface area contributed by atoms with Crippen LogP contribution in [0.5, 0.6) is 0 Å². The second-order valence-electron chi connectivity index (χ2n) is 5.24. The maximum Gasteiger partial charge on any atom is 0.147 e. The zero-order chi connectivity index (χ0) is 15.0. The first-order chi connectivity index (χ1) is 9.42. The van der Waals surface area contributed by atoms with Gasteiger partial charge < -0.3 is 5.32 Å². The number of halogens is 1. The van der Waals surface area contributed by atoms with Gasteiger partial charge in [-0.3, -0.25) is 0 Å². The first-order valence-electron chi connectivity index (χ1n) is 7.04. The van der Waals surface area contributed by atoms with E-state index in [1.54, 1.807) is 0 Å². The van der Waals surface area contributed by atoms with E-state index in [-0.39, 0.29) is 5.75 Å². The van der Waals surface area contributed by atoms with Gasteiger partial charge in [0.05, 0.1) is 0 Å². The lowest BCUT2D eigenvalue weighted by Crippen LogP contribution is -2.24. The second kappa shape index (κ2) is 8.65. The number of sulfone groups is 1. The van der Waals surface area contributed by atoms with E-state index in [4.69, 9.17) is 11.6 Å². The van der Waals surface area contributed by atoms with E-state index in [2.05, 4.69) is 12.2 Å². The van der Waals surface area contributed by atoms with Crippen molar-refractivity contribution in [3.63, 3.8) is 0 Å². The van der Waals surface area contributed by atoms with Crippen LogP contribution in [-0.2, 0) is 16.3 Å². The lowest BCUT2D eigenvalue weighted by atomic mass is 9.95. The summed E-state index contributed by atoms with van der Waals surface area (Å²) in [5.41, 5.74) is 1.14. The molecular weight excluding hydrogens is 294 g/mol. The Morgan fingerprint density at radius 2 is 2.00 bits per heavy atom. The molecule has 0 aliphatic heterocycles. The summed E-state index contributed by atoms with van der Waals surface area (Å²) >= 11 is 6.19. The normalized spacial score (nSPS) is 13.3. The van der Waals surface area contributed by atoms with Crippen LogP contribution in [0.3, 0.4) is 0 Å². The minimum atomic E-state index is -2.87. The maximum atomic E-state index is 11.2. The van der Waals surface area contributed by atoms with Crippen LogP contribution in [0.4, 0.5) is 0 Å². The maximum absolute atomic E-state index is 11.2. The molecule has 1 aromatic carbocycles. The lowest BCUT2D eigenvalue weighted by molar-refractivity contribution is 0.444. The van der Waals surface area contributed by atoms with Crippen molar-refractivity contribution in [3.05, 3.63) is 34.9 Å². The third-order valence-electron chi connectivity index (χ3n) is 3.28. The molecule has 0 heterocycles. The molecule has 1 rings (SSSR count). The van der Waals surface area contributed by atoms with Gasteiger partial charge in [0, 0.05) is 17.0 Å². The molecule has 3 nitrogen and oxygen atoms in total. The number of rotatable bonds is 9. The highest BCUT2D eigenvalue weighted by Crippen LogP contribution is 2.21. The summed E-state index contributed by atoms with van der Waals surface area (Å²) in [5, 5.41) is 4.13. The molecular formula is C15H24ClNO2S. The predicted octanol–water partition coefficient (Wildman–Crippen LogP) is 2.93. The minimum Gasteiger partial charge on any atom is -0.317 e. The molecule has 0 aliphatic carbocycles. The molecule has 0 amide bonds. The van der Waals surface area contributed by atoms with Crippen molar-refractivity contribution >= 4 is 21.4 Å². The topological polar surface area (TPSA) is 46.2 Å². The molecule has 20 heavy (non-hydrogen) atoms. The Hall–Kier alpha value is -0.580. The van der Waals surface area contributed by atoms with Crippen molar-refractivity contribution in [2.24, 2.45) is 5.92 Å². The second-order valence-corrected chi connectivity index (χ2v) is 7.91. The van der Waals surface area contributed by atoms with Gasteiger partial charge in [-0.1, -0.05) is 36.7 Å². The zero-order valence-electron chi connectivity index (χ0n) is 12.2. The van der Waals surface area contributed by atoms with Crippen LogP contribution in [0, 0.1) is 5.92 Å². The summed E-state index contributed by atoms with van der Waals surface area (Å²) in [5.74, 6) is 0.676. The molecule has 1 aromatic rings. The molecule has 1 N–H and O–H groups in total. The molecule has 0 saturated heterocycles. The standard InChI is InChI=1S/C15H24ClNO2S/c1-3-17-12-13(7-6-10-20(2,18)19)11-14-8-4-5-9-15(14)16/h4-5,8-9,13,17H,3,6-7,10-12H2,1-2H3. The highest BCUT2D eigenvalue weighted by molar-refractivity contribution is 7.90. The Kier molecular flexibility index (Phi) is 7.56. The Labute approximate surface area is 127 Å². The molecule has 1 atom stereocenters. The number of hydrogen-bond acceptors (Lipinski definition) is 3. The SMILES string of the molecule is CCNCC(CCCS(C)(=O)=O)Cc1ccccc1Cl. The van der Waals surface area contributed by atoms with E-state index in [0.29, 0.717) is 12.3 Å². The van der Waals surface area contributed by atoms with Gasteiger partial charge in [0.2, 0.25) is 0 Å². The fraction of sp³-hybridized carbons (Fsp3) is 0.600. The van der Waals surface area contributed by atoms with E-state index < -0.39 is 9.84 Å². The highest BCUT2D eigenvalue weighted by atomic mass is 35.5. The Morgan fingerprint density at radius 1 is 1.30 bits per heavy atom. The van der Waals surface area contributed by atoms with E-state index >= 15 is 0 Å². The van der Waals surface area contributed by atoms with E-state index in [1.807, 2.05) is 24.3 Å². The quantitative estimate of drug-likeness (QED) is 0.761. The van der Waals surface area contributed by atoms with Gasteiger partial charge >= 0.3 is 0 Å². The van der Waals surface area contributed by atoms with E-state index in [1.165, 1.54) is 6.26 Å². The fourth-order valence-corrected chi connectivity index (χ4v) is 3.14.